The second kappa shape index (κ2) is 9.73. The fraction of sp³-hybridized carbons (Fsp3) is 0.417. The molecule has 1 unspecified atom stereocenters. The molecule has 2 heterocycles. The van der Waals surface area contributed by atoms with Gasteiger partial charge in [-0.05, 0) is 43.0 Å². The lowest BCUT2D eigenvalue weighted by Crippen LogP contribution is -2.42. The predicted molar refractivity (Wildman–Crippen MR) is 128 cm³/mol. The van der Waals surface area contributed by atoms with Crippen LogP contribution in [-0.4, -0.2) is 68.8 Å². The first kappa shape index (κ1) is 24.2. The zero-order valence-electron chi connectivity index (χ0n) is 19.6. The summed E-state index contributed by atoms with van der Waals surface area (Å²) in [6.07, 6.45) is 0.264. The van der Waals surface area contributed by atoms with Gasteiger partial charge in [0.05, 0.1) is 17.1 Å². The number of hydrogen-bond acceptors (Lipinski definition) is 6. The van der Waals surface area contributed by atoms with Gasteiger partial charge in [-0.25, -0.2) is 8.42 Å². The molecule has 2 aliphatic rings. The summed E-state index contributed by atoms with van der Waals surface area (Å²) in [5.74, 6) is -0.362. The number of nitrogens with zero attached hydrogens (tertiary/aromatic N) is 2. The Bertz CT molecular complexity index is 1210. The normalized spacial score (nSPS) is 18.0. The van der Waals surface area contributed by atoms with Gasteiger partial charge < -0.3 is 15.4 Å². The molecule has 2 amide bonds. The molecule has 4 rings (SSSR count). The van der Waals surface area contributed by atoms with E-state index in [1.54, 1.807) is 19.9 Å². The zero-order valence-corrected chi connectivity index (χ0v) is 20.4. The summed E-state index contributed by atoms with van der Waals surface area (Å²) in [4.78, 5) is 26.6. The molecule has 0 aliphatic carbocycles. The van der Waals surface area contributed by atoms with Crippen molar-refractivity contribution in [3.05, 3.63) is 53.1 Å². The number of hydrogen-bond donors (Lipinski definition) is 2. The molecule has 1 atom stereocenters. The second-order valence-corrected chi connectivity index (χ2v) is 10.8. The van der Waals surface area contributed by atoms with Gasteiger partial charge in [0.2, 0.25) is 15.9 Å². The number of carbonyl (C=O) groups excluding carboxylic acids is 2. The van der Waals surface area contributed by atoms with Crippen LogP contribution in [0.15, 0.2) is 41.3 Å². The van der Waals surface area contributed by atoms with Gasteiger partial charge in [-0.15, -0.1) is 0 Å². The molecule has 34 heavy (non-hydrogen) atoms. The fourth-order valence-corrected chi connectivity index (χ4v) is 5.58. The molecular weight excluding hydrogens is 456 g/mol. The molecular formula is C24H30N4O5S. The van der Waals surface area contributed by atoms with Crippen LogP contribution < -0.4 is 15.4 Å². The molecule has 0 spiro atoms. The van der Waals surface area contributed by atoms with Crippen LogP contribution in [0.1, 0.15) is 23.6 Å². The lowest BCUT2D eigenvalue weighted by Gasteiger charge is -2.28. The van der Waals surface area contributed by atoms with Crippen molar-refractivity contribution in [3.8, 4) is 5.75 Å². The van der Waals surface area contributed by atoms with Crippen LogP contribution in [0.2, 0.25) is 0 Å². The van der Waals surface area contributed by atoms with Gasteiger partial charge in [-0.2, -0.15) is 4.31 Å². The molecule has 0 bridgehead atoms. The molecule has 182 valence electrons. The number of nitrogens with one attached hydrogen (secondary N) is 2. The highest BCUT2D eigenvalue weighted by Gasteiger charge is 2.30. The topological polar surface area (TPSA) is 108 Å². The third-order valence-corrected chi connectivity index (χ3v) is 8.17. The van der Waals surface area contributed by atoms with Crippen molar-refractivity contribution in [2.45, 2.75) is 37.8 Å². The average Bonchev–Trinajstić information content (AvgIpc) is 2.79. The number of aryl methyl sites for hydroxylation is 1. The first-order valence-corrected chi connectivity index (χ1v) is 12.7. The van der Waals surface area contributed by atoms with E-state index in [9.17, 15) is 18.0 Å². The largest absolute Gasteiger partial charge is 0.479 e. The smallest absolute Gasteiger partial charge is 0.265 e. The van der Waals surface area contributed by atoms with Crippen LogP contribution in [0.3, 0.4) is 0 Å². The highest BCUT2D eigenvalue weighted by atomic mass is 32.2. The summed E-state index contributed by atoms with van der Waals surface area (Å²) < 4.78 is 32.9. The Morgan fingerprint density at radius 3 is 2.76 bits per heavy atom. The zero-order chi connectivity index (χ0) is 24.5. The van der Waals surface area contributed by atoms with Gasteiger partial charge in [0, 0.05) is 39.3 Å². The first-order chi connectivity index (χ1) is 16.1. The van der Waals surface area contributed by atoms with Gasteiger partial charge in [-0.3, -0.25) is 14.5 Å². The molecule has 0 saturated carbocycles. The van der Waals surface area contributed by atoms with E-state index in [0.717, 1.165) is 23.8 Å². The van der Waals surface area contributed by atoms with Crippen LogP contribution in [-0.2, 0) is 32.6 Å². The van der Waals surface area contributed by atoms with Gasteiger partial charge in [0.15, 0.2) is 6.10 Å². The number of sulfonamides is 1. The minimum atomic E-state index is -3.94. The Kier molecular flexibility index (Phi) is 6.92. The maximum Gasteiger partial charge on any atom is 0.265 e. The molecule has 9 nitrogen and oxygen atoms in total. The molecule has 2 aromatic carbocycles. The Balaban J connectivity index is 1.33. The van der Waals surface area contributed by atoms with E-state index in [2.05, 4.69) is 33.7 Å². The Morgan fingerprint density at radius 2 is 2.00 bits per heavy atom. The molecule has 0 saturated heterocycles. The molecule has 2 aliphatic heterocycles. The van der Waals surface area contributed by atoms with E-state index in [-0.39, 0.29) is 29.0 Å². The maximum absolute atomic E-state index is 13.2. The summed E-state index contributed by atoms with van der Waals surface area (Å²) in [6, 6.07) is 11.3. The molecule has 0 radical (unpaired) electrons. The molecule has 10 heteroatoms. The molecule has 2 N–H and O–H groups in total. The maximum atomic E-state index is 13.2. The van der Waals surface area contributed by atoms with Crippen LogP contribution in [0, 0.1) is 6.92 Å². The number of anilines is 1. The quantitative estimate of drug-likeness (QED) is 0.614. The fourth-order valence-electron chi connectivity index (χ4n) is 4.23. The SMILES string of the molecule is Cc1cc2c(cc1S(=O)(=O)N(C)CC(=O)NCCN1CCc3ccccc3C1)OC(C)C(=O)N2. The van der Waals surface area contributed by atoms with Crippen molar-refractivity contribution in [2.24, 2.45) is 0 Å². The average molecular weight is 487 g/mol. The number of fused-ring (bicyclic) bond motifs is 2. The third-order valence-electron chi connectivity index (χ3n) is 6.22. The predicted octanol–water partition coefficient (Wildman–Crippen LogP) is 1.51. The standard InChI is InChI=1S/C24H30N4O5S/c1-16-12-20-21(33-17(2)24(30)26-20)13-22(16)34(31,32)27(3)15-23(29)25-9-11-28-10-8-18-6-4-5-7-19(18)14-28/h4-7,12-13,17H,8-11,14-15H2,1-3H3,(H,25,29)(H,26,30). The first-order valence-electron chi connectivity index (χ1n) is 11.3. The van der Waals surface area contributed by atoms with Crippen LogP contribution in [0.5, 0.6) is 5.75 Å². The number of ether oxygens (including phenoxy) is 1. The Hall–Kier alpha value is -2.95. The molecule has 0 fully saturated rings. The molecule has 0 aromatic heterocycles. The summed E-state index contributed by atoms with van der Waals surface area (Å²) in [6.45, 7) is 5.85. The number of carbonyl (C=O) groups is 2. The highest BCUT2D eigenvalue weighted by Crippen LogP contribution is 2.35. The van der Waals surface area contributed by atoms with Gasteiger partial charge in [-0.1, -0.05) is 24.3 Å². The van der Waals surface area contributed by atoms with E-state index in [0.29, 0.717) is 24.3 Å². The van der Waals surface area contributed by atoms with Crippen molar-refractivity contribution < 1.29 is 22.7 Å². The Labute approximate surface area is 200 Å². The van der Waals surface area contributed by atoms with Crippen molar-refractivity contribution in [1.29, 1.82) is 0 Å². The number of likely N-dealkylation sites (N-methyl/N-ethyl adjacent to an activating group) is 1. The van der Waals surface area contributed by atoms with E-state index >= 15 is 0 Å². The van der Waals surface area contributed by atoms with Crippen molar-refractivity contribution >= 4 is 27.5 Å². The van der Waals surface area contributed by atoms with Crippen LogP contribution in [0.25, 0.3) is 0 Å². The lowest BCUT2D eigenvalue weighted by molar-refractivity contribution is -0.123. The third kappa shape index (κ3) is 5.08. The Morgan fingerprint density at radius 1 is 1.26 bits per heavy atom. The minimum Gasteiger partial charge on any atom is -0.479 e. The molecule has 2 aromatic rings. The van der Waals surface area contributed by atoms with Gasteiger partial charge >= 0.3 is 0 Å². The van der Waals surface area contributed by atoms with E-state index < -0.39 is 16.1 Å². The van der Waals surface area contributed by atoms with Crippen molar-refractivity contribution in [2.75, 3.05) is 38.5 Å². The highest BCUT2D eigenvalue weighted by molar-refractivity contribution is 7.89. The number of benzene rings is 2. The monoisotopic (exact) mass is 486 g/mol. The van der Waals surface area contributed by atoms with E-state index in [4.69, 9.17) is 4.74 Å². The summed E-state index contributed by atoms with van der Waals surface area (Å²) >= 11 is 0. The van der Waals surface area contributed by atoms with E-state index in [1.165, 1.54) is 24.2 Å². The minimum absolute atomic E-state index is 0.0388. The van der Waals surface area contributed by atoms with E-state index in [1.807, 2.05) is 6.07 Å². The van der Waals surface area contributed by atoms with Crippen molar-refractivity contribution in [3.63, 3.8) is 0 Å². The van der Waals surface area contributed by atoms with Crippen LogP contribution >= 0.6 is 0 Å². The van der Waals surface area contributed by atoms with Gasteiger partial charge in [0.25, 0.3) is 5.91 Å². The summed E-state index contributed by atoms with van der Waals surface area (Å²) in [5, 5.41) is 5.53. The van der Waals surface area contributed by atoms with Gasteiger partial charge in [0.1, 0.15) is 5.75 Å². The van der Waals surface area contributed by atoms with Crippen molar-refractivity contribution in [1.82, 2.24) is 14.5 Å². The van der Waals surface area contributed by atoms with Crippen LogP contribution in [0.4, 0.5) is 5.69 Å². The second-order valence-electron chi connectivity index (χ2n) is 8.77. The lowest BCUT2D eigenvalue weighted by atomic mass is 10.00. The summed E-state index contributed by atoms with van der Waals surface area (Å²) in [5.41, 5.74) is 3.56. The summed E-state index contributed by atoms with van der Waals surface area (Å²) in [7, 11) is -2.56. The number of rotatable bonds is 7. The number of amides is 2.